The van der Waals surface area contributed by atoms with E-state index in [1.165, 1.54) is 6.92 Å². The van der Waals surface area contributed by atoms with E-state index in [2.05, 4.69) is 5.32 Å². The number of amides is 1. The zero-order valence-electron chi connectivity index (χ0n) is 10.2. The molecule has 1 rings (SSSR count). The van der Waals surface area contributed by atoms with Gasteiger partial charge in [-0.1, -0.05) is 18.2 Å². The average molecular weight is 232 g/mol. The van der Waals surface area contributed by atoms with Gasteiger partial charge in [-0.25, -0.2) is 0 Å². The summed E-state index contributed by atoms with van der Waals surface area (Å²) in [5.41, 5.74) is 0.808. The Morgan fingerprint density at radius 2 is 1.76 bits per heavy atom. The van der Waals surface area contributed by atoms with Crippen LogP contribution in [0.25, 0.3) is 0 Å². The van der Waals surface area contributed by atoms with Crippen molar-refractivity contribution in [1.29, 1.82) is 0 Å². The van der Waals surface area contributed by atoms with Gasteiger partial charge < -0.3 is 10.2 Å². The topological polar surface area (TPSA) is 49.4 Å². The van der Waals surface area contributed by atoms with Gasteiger partial charge in [0.05, 0.1) is 0 Å². The van der Waals surface area contributed by atoms with E-state index < -0.39 is 0 Å². The molecule has 90 valence electrons. The molecule has 0 aliphatic rings. The third-order valence-electron chi connectivity index (χ3n) is 2.05. The minimum Gasteiger partial charge on any atom is -0.382 e. The molecule has 0 aliphatic heterocycles. The van der Waals surface area contributed by atoms with E-state index in [1.54, 1.807) is 49.5 Å². The number of nitrogens with one attached hydrogen (secondary N) is 1. The van der Waals surface area contributed by atoms with E-state index in [4.69, 9.17) is 0 Å². The molecule has 0 saturated carbocycles. The fraction of sp³-hybridized carbons (Fsp3) is 0.231. The molecule has 17 heavy (non-hydrogen) atoms. The Bertz CT molecular complexity index is 436. The second kappa shape index (κ2) is 5.84. The lowest BCUT2D eigenvalue weighted by molar-refractivity contribution is -0.114. The van der Waals surface area contributed by atoms with Crippen LogP contribution in [0.5, 0.6) is 0 Å². The predicted octanol–water partition coefficient (Wildman–Crippen LogP) is 1.41. The zero-order chi connectivity index (χ0) is 12.8. The number of nitrogens with zero attached hydrogens (tertiary/aromatic N) is 1. The lowest BCUT2D eigenvalue weighted by Crippen LogP contribution is -2.27. The highest BCUT2D eigenvalue weighted by Crippen LogP contribution is 2.01. The Morgan fingerprint density at radius 3 is 2.24 bits per heavy atom. The summed E-state index contributed by atoms with van der Waals surface area (Å²) in [7, 11) is 3.58. The first-order valence-corrected chi connectivity index (χ1v) is 5.26. The Balaban J connectivity index is 2.83. The molecular formula is C13H16N2O2. The third kappa shape index (κ3) is 4.10. The Labute approximate surface area is 101 Å². The van der Waals surface area contributed by atoms with Gasteiger partial charge in [-0.05, 0) is 12.1 Å². The number of hydrogen-bond donors (Lipinski definition) is 1. The van der Waals surface area contributed by atoms with Crippen LogP contribution in [0.15, 0.2) is 42.2 Å². The van der Waals surface area contributed by atoms with Crippen molar-refractivity contribution in [2.24, 2.45) is 0 Å². The first kappa shape index (κ1) is 13.0. The number of hydrogen-bond acceptors (Lipinski definition) is 3. The highest BCUT2D eigenvalue weighted by Gasteiger charge is 2.10. The molecule has 0 fully saturated rings. The van der Waals surface area contributed by atoms with Crippen molar-refractivity contribution in [1.82, 2.24) is 10.2 Å². The Morgan fingerprint density at radius 1 is 1.18 bits per heavy atom. The average Bonchev–Trinajstić information content (AvgIpc) is 2.28. The van der Waals surface area contributed by atoms with Crippen LogP contribution in [0.1, 0.15) is 17.3 Å². The molecule has 0 saturated heterocycles. The molecular weight excluding hydrogens is 216 g/mol. The van der Waals surface area contributed by atoms with Gasteiger partial charge in [0.15, 0.2) is 5.78 Å². The Kier molecular flexibility index (Phi) is 4.46. The standard InChI is InChI=1S/C13H16N2O2/c1-10(16)12(9-15(2)3)14-13(17)11-7-5-4-6-8-11/h4-9H,1-3H3,(H,14,17)/b12-9-. The second-order valence-corrected chi connectivity index (χ2v) is 3.88. The number of carbonyl (C=O) groups is 2. The van der Waals surface area contributed by atoms with E-state index in [0.717, 1.165) is 0 Å². The first-order chi connectivity index (χ1) is 8.00. The largest absolute Gasteiger partial charge is 0.382 e. The van der Waals surface area contributed by atoms with Gasteiger partial charge in [0.1, 0.15) is 5.70 Å². The quantitative estimate of drug-likeness (QED) is 0.798. The van der Waals surface area contributed by atoms with Gasteiger partial charge in [-0.2, -0.15) is 0 Å². The van der Waals surface area contributed by atoms with Gasteiger partial charge in [-0.15, -0.1) is 0 Å². The van der Waals surface area contributed by atoms with Gasteiger partial charge in [0, 0.05) is 32.8 Å². The molecule has 4 nitrogen and oxygen atoms in total. The van der Waals surface area contributed by atoms with Crippen LogP contribution in [0.2, 0.25) is 0 Å². The summed E-state index contributed by atoms with van der Waals surface area (Å²) in [6.45, 7) is 1.42. The van der Waals surface area contributed by atoms with Crippen LogP contribution in [-0.2, 0) is 4.79 Å². The fourth-order valence-corrected chi connectivity index (χ4v) is 1.25. The molecule has 1 amide bonds. The van der Waals surface area contributed by atoms with E-state index in [9.17, 15) is 9.59 Å². The highest BCUT2D eigenvalue weighted by molar-refractivity contribution is 6.02. The maximum atomic E-state index is 11.8. The number of carbonyl (C=O) groups excluding carboxylic acids is 2. The van der Waals surface area contributed by atoms with Crippen molar-refractivity contribution in [3.8, 4) is 0 Å². The highest BCUT2D eigenvalue weighted by atomic mass is 16.2. The van der Waals surface area contributed by atoms with Gasteiger partial charge >= 0.3 is 0 Å². The van der Waals surface area contributed by atoms with Crippen LogP contribution < -0.4 is 5.32 Å². The van der Waals surface area contributed by atoms with Crippen molar-refractivity contribution in [3.63, 3.8) is 0 Å². The third-order valence-corrected chi connectivity index (χ3v) is 2.05. The van der Waals surface area contributed by atoms with Gasteiger partial charge in [0.2, 0.25) is 0 Å². The van der Waals surface area contributed by atoms with Crippen molar-refractivity contribution in [3.05, 3.63) is 47.8 Å². The van der Waals surface area contributed by atoms with E-state index >= 15 is 0 Å². The molecule has 0 aliphatic carbocycles. The molecule has 0 spiro atoms. The monoisotopic (exact) mass is 232 g/mol. The number of Topliss-reactive ketones (excluding diaryl/α,β-unsaturated/α-hetero) is 1. The predicted molar refractivity (Wildman–Crippen MR) is 66.4 cm³/mol. The summed E-state index contributed by atoms with van der Waals surface area (Å²) >= 11 is 0. The fourth-order valence-electron chi connectivity index (χ4n) is 1.25. The van der Waals surface area contributed by atoms with Crippen molar-refractivity contribution >= 4 is 11.7 Å². The molecule has 0 aromatic heterocycles. The van der Waals surface area contributed by atoms with E-state index in [-0.39, 0.29) is 17.4 Å². The van der Waals surface area contributed by atoms with E-state index in [0.29, 0.717) is 5.56 Å². The molecule has 0 unspecified atom stereocenters. The number of benzene rings is 1. The molecule has 0 bridgehead atoms. The molecule has 1 N–H and O–H groups in total. The zero-order valence-corrected chi connectivity index (χ0v) is 10.2. The molecule has 0 radical (unpaired) electrons. The lowest BCUT2D eigenvalue weighted by atomic mass is 10.2. The van der Waals surface area contributed by atoms with Crippen LogP contribution in [-0.4, -0.2) is 30.7 Å². The maximum absolute atomic E-state index is 11.8. The summed E-state index contributed by atoms with van der Waals surface area (Å²) in [5, 5.41) is 2.60. The van der Waals surface area contributed by atoms with Crippen molar-refractivity contribution in [2.45, 2.75) is 6.92 Å². The van der Waals surface area contributed by atoms with Crippen LogP contribution >= 0.6 is 0 Å². The summed E-state index contributed by atoms with van der Waals surface area (Å²) in [5.74, 6) is -0.461. The van der Waals surface area contributed by atoms with Gasteiger partial charge in [-0.3, -0.25) is 9.59 Å². The SMILES string of the molecule is CC(=O)/C(=C/N(C)C)NC(=O)c1ccccc1. The number of allylic oxidation sites excluding steroid dienone is 1. The molecule has 0 heterocycles. The summed E-state index contributed by atoms with van der Waals surface area (Å²) in [4.78, 5) is 24.9. The minimum atomic E-state index is -0.283. The summed E-state index contributed by atoms with van der Waals surface area (Å²) in [6.07, 6.45) is 1.59. The first-order valence-electron chi connectivity index (χ1n) is 5.26. The van der Waals surface area contributed by atoms with Crippen molar-refractivity contribution in [2.75, 3.05) is 14.1 Å². The maximum Gasteiger partial charge on any atom is 0.255 e. The van der Waals surface area contributed by atoms with Crippen LogP contribution in [0.3, 0.4) is 0 Å². The number of rotatable bonds is 4. The molecule has 4 heteroatoms. The lowest BCUT2D eigenvalue weighted by Gasteiger charge is -2.11. The summed E-state index contributed by atoms with van der Waals surface area (Å²) < 4.78 is 0. The second-order valence-electron chi connectivity index (χ2n) is 3.88. The van der Waals surface area contributed by atoms with Crippen LogP contribution in [0.4, 0.5) is 0 Å². The Hall–Kier alpha value is -2.10. The van der Waals surface area contributed by atoms with Gasteiger partial charge in [0.25, 0.3) is 5.91 Å². The van der Waals surface area contributed by atoms with Crippen molar-refractivity contribution < 1.29 is 9.59 Å². The molecule has 0 atom stereocenters. The molecule has 1 aromatic carbocycles. The minimum absolute atomic E-state index is 0.178. The smallest absolute Gasteiger partial charge is 0.255 e. The van der Waals surface area contributed by atoms with Crippen LogP contribution in [0, 0.1) is 0 Å². The molecule has 1 aromatic rings. The van der Waals surface area contributed by atoms with E-state index in [1.807, 2.05) is 6.07 Å². The number of ketones is 1. The normalized spacial score (nSPS) is 10.9. The summed E-state index contributed by atoms with van der Waals surface area (Å²) in [6, 6.07) is 8.78.